The highest BCUT2D eigenvalue weighted by Gasteiger charge is 2.48. The molecule has 2 unspecified atom stereocenters. The summed E-state index contributed by atoms with van der Waals surface area (Å²) in [5.41, 5.74) is 0. The van der Waals surface area contributed by atoms with E-state index in [1.54, 1.807) is 0 Å². The average molecular weight is 252 g/mol. The Morgan fingerprint density at radius 2 is 1.83 bits per heavy atom. The van der Waals surface area contributed by atoms with Crippen LogP contribution in [0.4, 0.5) is 0 Å². The van der Waals surface area contributed by atoms with E-state index < -0.39 is 0 Å². The van der Waals surface area contributed by atoms with Gasteiger partial charge in [0.05, 0.1) is 0 Å². The molecule has 1 saturated carbocycles. The second kappa shape index (κ2) is 4.90. The highest BCUT2D eigenvalue weighted by Crippen LogP contribution is 2.38. The van der Waals surface area contributed by atoms with Crippen LogP contribution in [0.3, 0.4) is 0 Å². The van der Waals surface area contributed by atoms with E-state index >= 15 is 0 Å². The first-order chi connectivity index (χ1) is 8.41. The van der Waals surface area contributed by atoms with Gasteiger partial charge in [0, 0.05) is 6.04 Å². The van der Waals surface area contributed by atoms with Gasteiger partial charge in [-0.3, -0.25) is 9.59 Å². The zero-order valence-corrected chi connectivity index (χ0v) is 11.8. The minimum absolute atomic E-state index is 0.0523. The fourth-order valence-corrected chi connectivity index (χ4v) is 2.82. The van der Waals surface area contributed by atoms with Crippen molar-refractivity contribution in [3.8, 4) is 0 Å². The van der Waals surface area contributed by atoms with Crippen LogP contribution >= 0.6 is 0 Å². The number of nitrogens with zero attached hydrogens (tertiary/aromatic N) is 1. The molecule has 2 atom stereocenters. The number of nitrogens with one attached hydrogen (secondary N) is 1. The SMILES string of the molecule is CC(C)CC1NC(=O)C(C2CC2)N(C(C)C)C1=O. The molecule has 0 aromatic rings. The van der Waals surface area contributed by atoms with Crippen LogP contribution in [0.1, 0.15) is 47.0 Å². The summed E-state index contributed by atoms with van der Waals surface area (Å²) in [5, 5.41) is 2.92. The van der Waals surface area contributed by atoms with E-state index in [9.17, 15) is 9.59 Å². The molecule has 2 amide bonds. The number of piperazine rings is 1. The molecule has 1 aliphatic carbocycles. The Bertz CT molecular complexity index is 348. The normalized spacial score (nSPS) is 29.1. The number of rotatable bonds is 4. The first kappa shape index (κ1) is 13.4. The molecule has 0 spiro atoms. The van der Waals surface area contributed by atoms with E-state index in [0.717, 1.165) is 19.3 Å². The van der Waals surface area contributed by atoms with Crippen LogP contribution in [0.5, 0.6) is 0 Å². The van der Waals surface area contributed by atoms with Gasteiger partial charge in [-0.1, -0.05) is 13.8 Å². The lowest BCUT2D eigenvalue weighted by Gasteiger charge is -2.42. The van der Waals surface area contributed by atoms with Gasteiger partial charge in [0.15, 0.2) is 0 Å². The molecule has 1 N–H and O–H groups in total. The number of carbonyl (C=O) groups is 2. The van der Waals surface area contributed by atoms with Crippen LogP contribution in [0.15, 0.2) is 0 Å². The molecule has 0 bridgehead atoms. The number of carbonyl (C=O) groups excluding carboxylic acids is 2. The van der Waals surface area contributed by atoms with Gasteiger partial charge < -0.3 is 10.2 Å². The van der Waals surface area contributed by atoms with E-state index in [1.165, 1.54) is 0 Å². The molecule has 4 nitrogen and oxygen atoms in total. The summed E-state index contributed by atoms with van der Waals surface area (Å²) in [6.45, 7) is 8.15. The van der Waals surface area contributed by atoms with Gasteiger partial charge in [0.2, 0.25) is 11.8 Å². The largest absolute Gasteiger partial charge is 0.342 e. The standard InChI is InChI=1S/C14H24N2O2/c1-8(2)7-11-14(18)16(9(3)4)12(10-5-6-10)13(17)15-11/h8-12H,5-7H2,1-4H3,(H,15,17). The Morgan fingerprint density at radius 3 is 2.28 bits per heavy atom. The van der Waals surface area contributed by atoms with Gasteiger partial charge in [-0.25, -0.2) is 0 Å². The maximum Gasteiger partial charge on any atom is 0.246 e. The molecule has 2 rings (SSSR count). The van der Waals surface area contributed by atoms with Gasteiger partial charge >= 0.3 is 0 Å². The Morgan fingerprint density at radius 1 is 1.22 bits per heavy atom. The third-order valence-corrected chi connectivity index (χ3v) is 3.77. The number of amides is 2. The third kappa shape index (κ3) is 2.52. The molecule has 1 saturated heterocycles. The lowest BCUT2D eigenvalue weighted by molar-refractivity contribution is -0.152. The second-order valence-electron chi connectivity index (χ2n) is 6.31. The van der Waals surface area contributed by atoms with Crippen molar-refractivity contribution in [2.45, 2.75) is 65.1 Å². The van der Waals surface area contributed by atoms with Crippen LogP contribution in [0, 0.1) is 11.8 Å². The highest BCUT2D eigenvalue weighted by atomic mass is 16.2. The summed E-state index contributed by atoms with van der Waals surface area (Å²) in [4.78, 5) is 26.5. The summed E-state index contributed by atoms with van der Waals surface area (Å²) in [5.74, 6) is 0.953. The first-order valence-corrected chi connectivity index (χ1v) is 7.04. The quantitative estimate of drug-likeness (QED) is 0.825. The molecule has 102 valence electrons. The van der Waals surface area contributed by atoms with E-state index in [2.05, 4.69) is 19.2 Å². The van der Waals surface area contributed by atoms with E-state index in [-0.39, 0.29) is 29.9 Å². The van der Waals surface area contributed by atoms with Gasteiger partial charge in [-0.2, -0.15) is 0 Å². The predicted molar refractivity (Wildman–Crippen MR) is 69.9 cm³/mol. The highest BCUT2D eigenvalue weighted by molar-refractivity contribution is 5.97. The lowest BCUT2D eigenvalue weighted by Crippen LogP contribution is -2.65. The molecule has 18 heavy (non-hydrogen) atoms. The third-order valence-electron chi connectivity index (χ3n) is 3.77. The summed E-state index contributed by atoms with van der Waals surface area (Å²) in [6, 6.07) is -0.445. The van der Waals surface area contributed by atoms with Crippen molar-refractivity contribution in [1.82, 2.24) is 10.2 Å². The van der Waals surface area contributed by atoms with Crippen LogP contribution in [-0.4, -0.2) is 34.8 Å². The Balaban J connectivity index is 2.18. The molecule has 0 aromatic heterocycles. The maximum atomic E-state index is 12.5. The van der Waals surface area contributed by atoms with Gasteiger partial charge in [0.25, 0.3) is 0 Å². The minimum Gasteiger partial charge on any atom is -0.342 e. The summed E-state index contributed by atoms with van der Waals surface area (Å²) in [6.07, 6.45) is 2.87. The zero-order valence-electron chi connectivity index (χ0n) is 11.8. The zero-order chi connectivity index (χ0) is 13.4. The topological polar surface area (TPSA) is 49.4 Å². The van der Waals surface area contributed by atoms with Crippen molar-refractivity contribution in [1.29, 1.82) is 0 Å². The van der Waals surface area contributed by atoms with E-state index in [4.69, 9.17) is 0 Å². The fraction of sp³-hybridized carbons (Fsp3) is 0.857. The molecule has 4 heteroatoms. The molecule has 0 radical (unpaired) electrons. The number of hydrogen-bond acceptors (Lipinski definition) is 2. The summed E-state index contributed by atoms with van der Waals surface area (Å²) in [7, 11) is 0. The first-order valence-electron chi connectivity index (χ1n) is 7.04. The Kier molecular flexibility index (Phi) is 3.64. The Hall–Kier alpha value is -1.06. The van der Waals surface area contributed by atoms with Crippen LogP contribution in [-0.2, 0) is 9.59 Å². The molecule has 0 aromatic carbocycles. The fourth-order valence-electron chi connectivity index (χ4n) is 2.82. The molecular weight excluding hydrogens is 228 g/mol. The minimum atomic E-state index is -0.324. The van der Waals surface area contributed by atoms with Crippen LogP contribution in [0.25, 0.3) is 0 Å². The number of hydrogen-bond donors (Lipinski definition) is 1. The molecular formula is C14H24N2O2. The molecule has 1 heterocycles. The maximum absolute atomic E-state index is 12.5. The van der Waals surface area contributed by atoms with Crippen molar-refractivity contribution >= 4 is 11.8 Å². The van der Waals surface area contributed by atoms with Gasteiger partial charge in [0.1, 0.15) is 12.1 Å². The average Bonchev–Trinajstić information content (AvgIpc) is 3.04. The van der Waals surface area contributed by atoms with Gasteiger partial charge in [-0.15, -0.1) is 0 Å². The molecule has 1 aliphatic heterocycles. The molecule has 2 fully saturated rings. The van der Waals surface area contributed by atoms with Crippen LogP contribution in [0.2, 0.25) is 0 Å². The van der Waals surface area contributed by atoms with E-state index in [0.29, 0.717) is 11.8 Å². The van der Waals surface area contributed by atoms with Crippen LogP contribution < -0.4 is 5.32 Å². The Labute approximate surface area is 109 Å². The van der Waals surface area contributed by atoms with Crippen molar-refractivity contribution < 1.29 is 9.59 Å². The lowest BCUT2D eigenvalue weighted by atomic mass is 9.95. The molecule has 2 aliphatic rings. The van der Waals surface area contributed by atoms with Crippen molar-refractivity contribution in [2.75, 3.05) is 0 Å². The monoisotopic (exact) mass is 252 g/mol. The second-order valence-corrected chi connectivity index (χ2v) is 6.31. The summed E-state index contributed by atoms with van der Waals surface area (Å²) >= 11 is 0. The van der Waals surface area contributed by atoms with Crippen molar-refractivity contribution in [2.24, 2.45) is 11.8 Å². The predicted octanol–water partition coefficient (Wildman–Crippen LogP) is 1.55. The van der Waals surface area contributed by atoms with Gasteiger partial charge in [-0.05, 0) is 44.9 Å². The summed E-state index contributed by atoms with van der Waals surface area (Å²) < 4.78 is 0. The van der Waals surface area contributed by atoms with Crippen molar-refractivity contribution in [3.63, 3.8) is 0 Å². The van der Waals surface area contributed by atoms with Crippen molar-refractivity contribution in [3.05, 3.63) is 0 Å². The van der Waals surface area contributed by atoms with E-state index in [1.807, 2.05) is 18.7 Å². The smallest absolute Gasteiger partial charge is 0.246 e.